The van der Waals surface area contributed by atoms with Crippen LogP contribution in [0.4, 0.5) is 0 Å². The zero-order valence-corrected chi connectivity index (χ0v) is 16.1. The van der Waals surface area contributed by atoms with Crippen molar-refractivity contribution in [3.05, 3.63) is 45.9 Å². The lowest BCUT2D eigenvalue weighted by molar-refractivity contribution is 0.0623. The molecule has 0 bridgehead atoms. The van der Waals surface area contributed by atoms with Gasteiger partial charge >= 0.3 is 0 Å². The van der Waals surface area contributed by atoms with Crippen molar-refractivity contribution in [1.82, 2.24) is 9.88 Å². The average Bonchev–Trinajstić information content (AvgIpc) is 2.97. The van der Waals surface area contributed by atoms with E-state index in [1.54, 1.807) is 23.1 Å². The molecule has 2 heterocycles. The molecule has 1 fully saturated rings. The van der Waals surface area contributed by atoms with Crippen molar-refractivity contribution in [2.45, 2.75) is 37.8 Å². The highest BCUT2D eigenvalue weighted by molar-refractivity contribution is 7.98. The van der Waals surface area contributed by atoms with Gasteiger partial charge in [0.1, 0.15) is 0 Å². The van der Waals surface area contributed by atoms with Crippen LogP contribution in [-0.4, -0.2) is 28.9 Å². The number of thiazole rings is 1. The molecule has 2 atom stereocenters. The number of likely N-dealkylation sites (tertiary alicyclic amines) is 1. The minimum absolute atomic E-state index is 0.167. The van der Waals surface area contributed by atoms with E-state index in [1.807, 2.05) is 36.1 Å². The number of aryl methyl sites for hydroxylation is 1. The van der Waals surface area contributed by atoms with Crippen LogP contribution in [0.3, 0.4) is 0 Å². The third-order valence-corrected chi connectivity index (χ3v) is 6.18. The number of piperidine rings is 1. The molecule has 0 spiro atoms. The van der Waals surface area contributed by atoms with E-state index in [4.69, 9.17) is 0 Å². The molecule has 1 aromatic carbocycles. The Morgan fingerprint density at radius 3 is 2.50 bits per heavy atom. The Kier molecular flexibility index (Phi) is 5.61. The normalized spacial score (nSPS) is 21.0. The summed E-state index contributed by atoms with van der Waals surface area (Å²) in [5.41, 5.74) is 1.92. The van der Waals surface area contributed by atoms with Crippen LogP contribution < -0.4 is 0 Å². The van der Waals surface area contributed by atoms with Gasteiger partial charge in [-0.3, -0.25) is 4.79 Å². The third-order valence-electron chi connectivity index (χ3n) is 4.31. The topological polar surface area (TPSA) is 33.2 Å². The van der Waals surface area contributed by atoms with Gasteiger partial charge in [-0.15, -0.1) is 23.1 Å². The van der Waals surface area contributed by atoms with Crippen LogP contribution in [0.2, 0.25) is 0 Å². The van der Waals surface area contributed by atoms with Gasteiger partial charge in [-0.05, 0) is 49.4 Å². The zero-order valence-electron chi connectivity index (χ0n) is 14.5. The number of hydrogen-bond donors (Lipinski definition) is 0. The van der Waals surface area contributed by atoms with E-state index in [0.29, 0.717) is 11.8 Å². The third kappa shape index (κ3) is 4.39. The van der Waals surface area contributed by atoms with Gasteiger partial charge in [-0.2, -0.15) is 0 Å². The summed E-state index contributed by atoms with van der Waals surface area (Å²) in [6, 6.07) is 8.02. The van der Waals surface area contributed by atoms with Crippen molar-refractivity contribution in [3.8, 4) is 0 Å². The predicted octanol–water partition coefficient (Wildman–Crippen LogP) is 4.86. The highest BCUT2D eigenvalue weighted by Crippen LogP contribution is 2.26. The molecule has 0 saturated carbocycles. The molecule has 0 radical (unpaired) electrons. The highest BCUT2D eigenvalue weighted by Gasteiger charge is 2.25. The Balaban J connectivity index is 1.60. The van der Waals surface area contributed by atoms with Crippen LogP contribution in [0, 0.1) is 18.8 Å². The molecule has 24 heavy (non-hydrogen) atoms. The summed E-state index contributed by atoms with van der Waals surface area (Å²) in [5, 5.41) is 3.22. The summed E-state index contributed by atoms with van der Waals surface area (Å²) in [6.45, 7) is 8.25. The number of hydrogen-bond acceptors (Lipinski definition) is 4. The van der Waals surface area contributed by atoms with Crippen LogP contribution in [0.25, 0.3) is 0 Å². The van der Waals surface area contributed by atoms with Gasteiger partial charge in [0.05, 0.1) is 10.7 Å². The number of thioether (sulfide) groups is 1. The van der Waals surface area contributed by atoms with Crippen molar-refractivity contribution in [2.75, 3.05) is 13.1 Å². The smallest absolute Gasteiger partial charge is 0.253 e. The Hall–Kier alpha value is -1.33. The average molecular weight is 361 g/mol. The Bertz CT molecular complexity index is 686. The maximum Gasteiger partial charge on any atom is 0.253 e. The fourth-order valence-corrected chi connectivity index (χ4v) is 4.85. The lowest BCUT2D eigenvalue weighted by Crippen LogP contribution is -2.42. The maximum atomic E-state index is 12.7. The van der Waals surface area contributed by atoms with E-state index in [-0.39, 0.29) is 5.91 Å². The van der Waals surface area contributed by atoms with E-state index >= 15 is 0 Å². The van der Waals surface area contributed by atoms with Crippen molar-refractivity contribution in [2.24, 2.45) is 11.8 Å². The van der Waals surface area contributed by atoms with Gasteiger partial charge in [0.15, 0.2) is 0 Å². The molecule has 0 unspecified atom stereocenters. The summed E-state index contributed by atoms with van der Waals surface area (Å²) in [7, 11) is 0. The second-order valence-electron chi connectivity index (χ2n) is 6.83. The molecular formula is C19H24N2OS2. The number of carbonyl (C=O) groups excluding carboxylic acids is 1. The molecule has 1 aliphatic heterocycles. The summed E-state index contributed by atoms with van der Waals surface area (Å²) >= 11 is 3.45. The minimum atomic E-state index is 0.167. The minimum Gasteiger partial charge on any atom is -0.338 e. The fraction of sp³-hybridized carbons (Fsp3) is 0.474. The summed E-state index contributed by atoms with van der Waals surface area (Å²) in [6.07, 6.45) is 1.22. The monoisotopic (exact) mass is 360 g/mol. The van der Waals surface area contributed by atoms with Gasteiger partial charge in [0.25, 0.3) is 5.91 Å². The van der Waals surface area contributed by atoms with Gasteiger partial charge in [-0.1, -0.05) is 13.8 Å². The molecule has 3 rings (SSSR count). The van der Waals surface area contributed by atoms with Crippen molar-refractivity contribution in [1.29, 1.82) is 0 Å². The first-order valence-electron chi connectivity index (χ1n) is 8.44. The molecule has 1 amide bonds. The zero-order chi connectivity index (χ0) is 17.1. The first kappa shape index (κ1) is 17.5. The van der Waals surface area contributed by atoms with Crippen molar-refractivity contribution in [3.63, 3.8) is 0 Å². The van der Waals surface area contributed by atoms with Crippen LogP contribution >= 0.6 is 23.1 Å². The molecule has 0 N–H and O–H groups in total. The first-order valence-corrected chi connectivity index (χ1v) is 10.3. The Labute approximate surface area is 152 Å². The highest BCUT2D eigenvalue weighted by atomic mass is 32.2. The molecule has 0 aliphatic carbocycles. The molecule has 1 saturated heterocycles. The number of amides is 1. The SMILES string of the molecule is Cc1nc(CSc2ccc(C(=O)N3C[C@@H](C)C[C@H](C)C3)cc2)cs1. The van der Waals surface area contributed by atoms with Crippen LogP contribution in [0.1, 0.15) is 41.3 Å². The number of carbonyl (C=O) groups is 1. The van der Waals surface area contributed by atoms with E-state index < -0.39 is 0 Å². The Morgan fingerprint density at radius 2 is 1.92 bits per heavy atom. The van der Waals surface area contributed by atoms with Crippen molar-refractivity contribution >= 4 is 29.0 Å². The van der Waals surface area contributed by atoms with Gasteiger partial charge in [-0.25, -0.2) is 4.98 Å². The van der Waals surface area contributed by atoms with Gasteiger partial charge in [0.2, 0.25) is 0 Å². The first-order chi connectivity index (χ1) is 11.5. The second kappa shape index (κ2) is 7.70. The van der Waals surface area contributed by atoms with Gasteiger partial charge < -0.3 is 4.90 Å². The van der Waals surface area contributed by atoms with E-state index in [9.17, 15) is 4.79 Å². The fourth-order valence-electron chi connectivity index (χ4n) is 3.34. The van der Waals surface area contributed by atoms with Gasteiger partial charge in [0, 0.05) is 34.7 Å². The molecule has 2 aromatic rings. The molecule has 3 nitrogen and oxygen atoms in total. The molecule has 128 valence electrons. The lowest BCUT2D eigenvalue weighted by atomic mass is 9.91. The van der Waals surface area contributed by atoms with Crippen LogP contribution in [0.15, 0.2) is 34.5 Å². The summed E-state index contributed by atoms with van der Waals surface area (Å²) in [5.74, 6) is 2.22. The maximum absolute atomic E-state index is 12.7. The molecule has 1 aromatic heterocycles. The van der Waals surface area contributed by atoms with Crippen LogP contribution in [0.5, 0.6) is 0 Å². The molecular weight excluding hydrogens is 336 g/mol. The quantitative estimate of drug-likeness (QED) is 0.730. The number of benzene rings is 1. The molecule has 5 heteroatoms. The number of aromatic nitrogens is 1. The number of nitrogens with zero attached hydrogens (tertiary/aromatic N) is 2. The van der Waals surface area contributed by atoms with Crippen molar-refractivity contribution < 1.29 is 4.79 Å². The Morgan fingerprint density at radius 1 is 1.25 bits per heavy atom. The largest absolute Gasteiger partial charge is 0.338 e. The summed E-state index contributed by atoms with van der Waals surface area (Å²) in [4.78, 5) is 20.4. The summed E-state index contributed by atoms with van der Waals surface area (Å²) < 4.78 is 0. The van der Waals surface area contributed by atoms with E-state index in [1.165, 1.54) is 11.3 Å². The number of rotatable bonds is 4. The van der Waals surface area contributed by atoms with E-state index in [0.717, 1.165) is 35.1 Å². The second-order valence-corrected chi connectivity index (χ2v) is 8.94. The predicted molar refractivity (Wildman–Crippen MR) is 102 cm³/mol. The molecule has 1 aliphatic rings. The lowest BCUT2D eigenvalue weighted by Gasteiger charge is -2.35. The van der Waals surface area contributed by atoms with Crippen LogP contribution in [-0.2, 0) is 5.75 Å². The van der Waals surface area contributed by atoms with E-state index in [2.05, 4.69) is 24.2 Å². The standard InChI is InChI=1S/C19H24N2OS2/c1-13-8-14(2)10-21(9-13)19(22)16-4-6-18(7-5-16)24-12-17-11-23-15(3)20-17/h4-7,11,13-14H,8-10,12H2,1-3H3/t13-,14-/m0/s1.